The van der Waals surface area contributed by atoms with Gasteiger partial charge in [-0.2, -0.15) is 0 Å². The topological polar surface area (TPSA) is 48.0 Å². The highest BCUT2D eigenvalue weighted by Crippen LogP contribution is 2.20. The summed E-state index contributed by atoms with van der Waals surface area (Å²) in [5.41, 5.74) is 8.31. The maximum Gasteiger partial charge on any atom is 0.203 e. The quantitative estimate of drug-likeness (QED) is 0.744. The summed E-state index contributed by atoms with van der Waals surface area (Å²) >= 11 is 3.24. The van der Waals surface area contributed by atoms with E-state index in [1.807, 2.05) is 24.6 Å². The Kier molecular flexibility index (Phi) is 2.31. The van der Waals surface area contributed by atoms with Crippen LogP contribution in [0.25, 0.3) is 10.9 Å². The Labute approximate surface area is 95.6 Å². The molecule has 4 heteroatoms. The lowest BCUT2D eigenvalue weighted by molar-refractivity contribution is 0.943. The molecule has 15 heavy (non-hydrogen) atoms. The van der Waals surface area contributed by atoms with Gasteiger partial charge in [-0.05, 0) is 40.5 Å². The lowest BCUT2D eigenvalue weighted by Crippen LogP contribution is -2.09. The third-order valence-electron chi connectivity index (χ3n) is 2.53. The molecule has 0 unspecified atom stereocenters. The van der Waals surface area contributed by atoms with Crippen LogP contribution < -0.4 is 11.2 Å². The lowest BCUT2D eigenvalue weighted by Gasteiger charge is -2.08. The summed E-state index contributed by atoms with van der Waals surface area (Å²) in [5.74, 6) is 0. The molecule has 2 aromatic rings. The van der Waals surface area contributed by atoms with E-state index in [9.17, 15) is 4.79 Å². The van der Waals surface area contributed by atoms with Gasteiger partial charge in [0.2, 0.25) is 5.43 Å². The van der Waals surface area contributed by atoms with Gasteiger partial charge in [0, 0.05) is 24.3 Å². The van der Waals surface area contributed by atoms with Crippen molar-refractivity contribution in [3.63, 3.8) is 0 Å². The fourth-order valence-corrected chi connectivity index (χ4v) is 2.13. The molecule has 0 radical (unpaired) electrons. The van der Waals surface area contributed by atoms with Crippen LogP contribution in [0.4, 0.5) is 5.69 Å². The number of aromatic nitrogens is 1. The van der Waals surface area contributed by atoms with Crippen molar-refractivity contribution in [1.29, 1.82) is 0 Å². The minimum Gasteiger partial charge on any atom is -0.398 e. The molecule has 0 spiro atoms. The van der Waals surface area contributed by atoms with Crippen LogP contribution in [0.1, 0.15) is 5.56 Å². The van der Waals surface area contributed by atoms with Gasteiger partial charge >= 0.3 is 0 Å². The third kappa shape index (κ3) is 1.55. The van der Waals surface area contributed by atoms with Crippen LogP contribution in [-0.2, 0) is 7.05 Å². The lowest BCUT2D eigenvalue weighted by atomic mass is 10.1. The van der Waals surface area contributed by atoms with Gasteiger partial charge in [0.05, 0.1) is 9.99 Å². The average molecular weight is 267 g/mol. The van der Waals surface area contributed by atoms with Crippen molar-refractivity contribution in [1.82, 2.24) is 4.57 Å². The number of halogens is 1. The van der Waals surface area contributed by atoms with E-state index in [1.165, 1.54) is 0 Å². The second kappa shape index (κ2) is 3.38. The molecule has 3 nitrogen and oxygen atoms in total. The number of nitrogen functional groups attached to an aromatic ring is 1. The molecule has 1 aromatic carbocycles. The molecule has 0 atom stereocenters. The Bertz CT molecular complexity index is 602. The summed E-state index contributed by atoms with van der Waals surface area (Å²) in [6.07, 6.45) is 1.76. The van der Waals surface area contributed by atoms with Crippen LogP contribution in [-0.4, -0.2) is 4.57 Å². The standard InChI is InChI=1S/C11H11BrN2O/c1-6-3-10-7(4-9(6)13)11(15)8(12)5-14(10)2/h3-5H,13H2,1-2H3. The monoisotopic (exact) mass is 266 g/mol. The minimum absolute atomic E-state index is 0.0187. The Morgan fingerprint density at radius 3 is 2.73 bits per heavy atom. The van der Waals surface area contributed by atoms with Gasteiger partial charge in [0.25, 0.3) is 0 Å². The first-order valence-electron chi connectivity index (χ1n) is 4.55. The smallest absolute Gasteiger partial charge is 0.203 e. The predicted molar refractivity (Wildman–Crippen MR) is 66.0 cm³/mol. The van der Waals surface area contributed by atoms with Crippen molar-refractivity contribution >= 4 is 32.5 Å². The van der Waals surface area contributed by atoms with Crippen molar-refractivity contribution in [2.24, 2.45) is 7.05 Å². The fourth-order valence-electron chi connectivity index (χ4n) is 1.61. The van der Waals surface area contributed by atoms with Crippen LogP contribution in [0.2, 0.25) is 0 Å². The SMILES string of the molecule is Cc1cc2c(cc1N)c(=O)c(Br)cn2C. The maximum absolute atomic E-state index is 11.8. The molecule has 0 aliphatic rings. The van der Waals surface area contributed by atoms with Crippen molar-refractivity contribution in [3.05, 3.63) is 38.6 Å². The third-order valence-corrected chi connectivity index (χ3v) is 3.10. The molecule has 0 amide bonds. The Hall–Kier alpha value is -1.29. The van der Waals surface area contributed by atoms with E-state index in [2.05, 4.69) is 15.9 Å². The highest BCUT2D eigenvalue weighted by molar-refractivity contribution is 9.10. The fraction of sp³-hybridized carbons (Fsp3) is 0.182. The van der Waals surface area contributed by atoms with E-state index in [0.717, 1.165) is 11.1 Å². The molecule has 0 fully saturated rings. The van der Waals surface area contributed by atoms with Gasteiger partial charge in [0.15, 0.2) is 0 Å². The molecule has 0 saturated carbocycles. The van der Waals surface area contributed by atoms with Gasteiger partial charge in [-0.25, -0.2) is 0 Å². The number of nitrogens with zero attached hydrogens (tertiary/aromatic N) is 1. The number of benzene rings is 1. The van der Waals surface area contributed by atoms with Gasteiger partial charge in [-0.15, -0.1) is 0 Å². The molecule has 0 bridgehead atoms. The summed E-state index contributed by atoms with van der Waals surface area (Å²) in [5, 5.41) is 0.648. The Morgan fingerprint density at radius 1 is 1.40 bits per heavy atom. The van der Waals surface area contributed by atoms with E-state index < -0.39 is 0 Å². The zero-order valence-corrected chi connectivity index (χ0v) is 10.1. The van der Waals surface area contributed by atoms with Gasteiger partial charge in [-0.3, -0.25) is 4.79 Å². The molecule has 1 heterocycles. The molecule has 1 aromatic heterocycles. The van der Waals surface area contributed by atoms with E-state index in [0.29, 0.717) is 15.5 Å². The zero-order chi connectivity index (χ0) is 11.2. The van der Waals surface area contributed by atoms with Gasteiger partial charge in [0.1, 0.15) is 0 Å². The number of nitrogens with two attached hydrogens (primary N) is 1. The number of hydrogen-bond acceptors (Lipinski definition) is 2. The highest BCUT2D eigenvalue weighted by Gasteiger charge is 2.07. The first kappa shape index (κ1) is 10.2. The Balaban J connectivity index is 3.04. The highest BCUT2D eigenvalue weighted by atomic mass is 79.9. The molecule has 0 aliphatic carbocycles. The summed E-state index contributed by atoms with van der Waals surface area (Å²) in [6.45, 7) is 1.93. The van der Waals surface area contributed by atoms with Crippen LogP contribution in [0.3, 0.4) is 0 Å². The summed E-state index contributed by atoms with van der Waals surface area (Å²) in [7, 11) is 1.90. The van der Waals surface area contributed by atoms with Crippen molar-refractivity contribution in [2.75, 3.05) is 5.73 Å². The number of anilines is 1. The predicted octanol–water partition coefficient (Wildman–Crippen LogP) is 2.19. The largest absolute Gasteiger partial charge is 0.398 e. The molecule has 2 rings (SSSR count). The maximum atomic E-state index is 11.8. The number of hydrogen-bond donors (Lipinski definition) is 1. The van der Waals surface area contributed by atoms with E-state index in [1.54, 1.807) is 12.3 Å². The zero-order valence-electron chi connectivity index (χ0n) is 8.54. The summed E-state index contributed by atoms with van der Waals surface area (Å²) < 4.78 is 2.47. The number of rotatable bonds is 0. The van der Waals surface area contributed by atoms with Crippen LogP contribution in [0, 0.1) is 6.92 Å². The van der Waals surface area contributed by atoms with Crippen molar-refractivity contribution in [2.45, 2.75) is 6.92 Å². The Morgan fingerprint density at radius 2 is 2.07 bits per heavy atom. The molecule has 2 N–H and O–H groups in total. The molecule has 0 aliphatic heterocycles. The van der Waals surface area contributed by atoms with E-state index in [4.69, 9.17) is 5.73 Å². The number of pyridine rings is 1. The van der Waals surface area contributed by atoms with Crippen LogP contribution >= 0.6 is 15.9 Å². The normalized spacial score (nSPS) is 10.9. The summed E-state index contributed by atoms with van der Waals surface area (Å²) in [4.78, 5) is 11.8. The van der Waals surface area contributed by atoms with E-state index in [-0.39, 0.29) is 5.43 Å². The molecular weight excluding hydrogens is 256 g/mol. The van der Waals surface area contributed by atoms with Crippen LogP contribution in [0.5, 0.6) is 0 Å². The van der Waals surface area contributed by atoms with Crippen LogP contribution in [0.15, 0.2) is 27.6 Å². The number of fused-ring (bicyclic) bond motifs is 1. The van der Waals surface area contributed by atoms with E-state index >= 15 is 0 Å². The van der Waals surface area contributed by atoms with Gasteiger partial charge < -0.3 is 10.3 Å². The van der Waals surface area contributed by atoms with Crippen molar-refractivity contribution < 1.29 is 0 Å². The molecule has 0 saturated heterocycles. The number of aryl methyl sites for hydroxylation is 2. The molecule has 78 valence electrons. The minimum atomic E-state index is -0.0187. The average Bonchev–Trinajstić information content (AvgIpc) is 2.18. The van der Waals surface area contributed by atoms with Gasteiger partial charge in [-0.1, -0.05) is 0 Å². The molecular formula is C11H11BrN2O. The first-order chi connectivity index (χ1) is 7.00. The second-order valence-corrected chi connectivity index (χ2v) is 4.50. The first-order valence-corrected chi connectivity index (χ1v) is 5.35. The second-order valence-electron chi connectivity index (χ2n) is 3.64. The summed E-state index contributed by atoms with van der Waals surface area (Å²) in [6, 6.07) is 3.66. The van der Waals surface area contributed by atoms with Crippen molar-refractivity contribution in [3.8, 4) is 0 Å².